The number of carbonyl (C=O) groups is 2. The number of carboxylic acids is 1. The van der Waals surface area contributed by atoms with Gasteiger partial charge in [0, 0.05) is 17.7 Å². The number of carboxylic acid groups (broad SMARTS) is 1. The molecule has 3 rings (SSSR count). The van der Waals surface area contributed by atoms with E-state index < -0.39 is 11.5 Å². The van der Waals surface area contributed by atoms with E-state index in [4.69, 9.17) is 5.11 Å². The lowest BCUT2D eigenvalue weighted by molar-refractivity contribution is 0.0695. The zero-order chi connectivity index (χ0) is 15.9. The summed E-state index contributed by atoms with van der Waals surface area (Å²) in [5, 5.41) is 8.98. The minimum absolute atomic E-state index is 0.00577. The predicted molar refractivity (Wildman–Crippen MR) is 80.6 cm³/mol. The molecule has 2 aromatic rings. The molecule has 22 heavy (non-hydrogen) atoms. The molecule has 0 aliphatic heterocycles. The summed E-state index contributed by atoms with van der Waals surface area (Å²) in [6, 6.07) is 9.14. The molecule has 1 aliphatic carbocycles. The number of aromatic carboxylic acids is 1. The zero-order valence-electron chi connectivity index (χ0n) is 12.1. The molecule has 0 fully saturated rings. The monoisotopic (exact) mass is 297 g/mol. The second kappa shape index (κ2) is 5.26. The van der Waals surface area contributed by atoms with Crippen LogP contribution in [0, 0.1) is 6.92 Å². The highest BCUT2D eigenvalue weighted by Crippen LogP contribution is 2.31. The van der Waals surface area contributed by atoms with Crippen LogP contribution in [0.5, 0.6) is 0 Å². The number of H-pyrrole nitrogens is 1. The smallest absolute Gasteiger partial charge is 0.341 e. The van der Waals surface area contributed by atoms with Crippen LogP contribution in [-0.2, 0) is 6.42 Å². The maximum Gasteiger partial charge on any atom is 0.341 e. The maximum atomic E-state index is 12.3. The first-order valence-corrected chi connectivity index (χ1v) is 7.05. The molecule has 5 heteroatoms. The molecule has 0 unspecified atom stereocenters. The molecule has 1 heterocycles. The maximum absolute atomic E-state index is 12.3. The second-order valence-electron chi connectivity index (χ2n) is 5.65. The molecule has 0 bridgehead atoms. The topological polar surface area (TPSA) is 87.2 Å². The van der Waals surface area contributed by atoms with Crippen LogP contribution in [0.15, 0.2) is 35.1 Å². The van der Waals surface area contributed by atoms with Crippen LogP contribution in [0.3, 0.4) is 0 Å². The van der Waals surface area contributed by atoms with E-state index in [0.717, 1.165) is 11.1 Å². The quantitative estimate of drug-likeness (QED) is 0.890. The Hall–Kier alpha value is -2.69. The Morgan fingerprint density at radius 2 is 2.00 bits per heavy atom. The van der Waals surface area contributed by atoms with Gasteiger partial charge in [-0.3, -0.25) is 9.59 Å². The number of carbonyl (C=O) groups excluding carboxylic acids is 1. The van der Waals surface area contributed by atoms with Crippen molar-refractivity contribution in [1.82, 2.24) is 4.98 Å². The molecule has 5 nitrogen and oxygen atoms in total. The second-order valence-corrected chi connectivity index (χ2v) is 5.65. The summed E-state index contributed by atoms with van der Waals surface area (Å²) in [6.07, 6.45) is 0.848. The van der Waals surface area contributed by atoms with Crippen molar-refractivity contribution in [3.8, 4) is 0 Å². The Morgan fingerprint density at radius 1 is 1.23 bits per heavy atom. The van der Waals surface area contributed by atoms with Gasteiger partial charge >= 0.3 is 5.97 Å². The number of fused-ring (bicyclic) bond motifs is 1. The zero-order valence-corrected chi connectivity index (χ0v) is 12.1. The molecule has 0 saturated carbocycles. The molecule has 0 amide bonds. The lowest BCUT2D eigenvalue weighted by Crippen LogP contribution is -2.27. The van der Waals surface area contributed by atoms with Crippen LogP contribution < -0.4 is 5.56 Å². The van der Waals surface area contributed by atoms with E-state index in [1.807, 2.05) is 31.2 Å². The molecule has 1 atom stereocenters. The van der Waals surface area contributed by atoms with Crippen LogP contribution >= 0.6 is 0 Å². The number of pyridine rings is 1. The Morgan fingerprint density at radius 3 is 2.68 bits per heavy atom. The van der Waals surface area contributed by atoms with Crippen LogP contribution in [0.4, 0.5) is 0 Å². The lowest BCUT2D eigenvalue weighted by Gasteiger charge is -2.24. The SMILES string of the molecule is Cc1cccc([C@H]2CC(=O)c3cc(C(=O)O)c(=O)[nH]c3C2)c1. The van der Waals surface area contributed by atoms with Crippen molar-refractivity contribution in [3.05, 3.63) is 68.6 Å². The first-order chi connectivity index (χ1) is 10.5. The number of aromatic nitrogens is 1. The Kier molecular flexibility index (Phi) is 3.41. The summed E-state index contributed by atoms with van der Waals surface area (Å²) < 4.78 is 0. The van der Waals surface area contributed by atoms with Gasteiger partial charge in [-0.15, -0.1) is 0 Å². The average Bonchev–Trinajstić information content (AvgIpc) is 2.46. The first kappa shape index (κ1) is 14.3. The van der Waals surface area contributed by atoms with E-state index in [9.17, 15) is 14.4 Å². The largest absolute Gasteiger partial charge is 0.477 e. The number of aryl methyl sites for hydroxylation is 1. The van der Waals surface area contributed by atoms with Crippen LogP contribution in [0.1, 0.15) is 49.9 Å². The van der Waals surface area contributed by atoms with E-state index in [2.05, 4.69) is 4.98 Å². The number of aromatic amines is 1. The number of Topliss-reactive ketones (excluding diaryl/α,β-unsaturated/α-hetero) is 1. The summed E-state index contributed by atoms with van der Waals surface area (Å²) in [5.74, 6) is -1.45. The minimum Gasteiger partial charge on any atom is -0.477 e. The number of hydrogen-bond donors (Lipinski definition) is 2. The van der Waals surface area contributed by atoms with Gasteiger partial charge in [0.1, 0.15) is 5.56 Å². The third-order valence-corrected chi connectivity index (χ3v) is 4.05. The van der Waals surface area contributed by atoms with Gasteiger partial charge in [-0.05, 0) is 30.9 Å². The van der Waals surface area contributed by atoms with Gasteiger partial charge in [0.05, 0.1) is 0 Å². The average molecular weight is 297 g/mol. The van der Waals surface area contributed by atoms with Gasteiger partial charge in [-0.1, -0.05) is 29.8 Å². The van der Waals surface area contributed by atoms with E-state index in [0.29, 0.717) is 24.1 Å². The molecule has 1 aromatic carbocycles. The van der Waals surface area contributed by atoms with Gasteiger partial charge in [-0.2, -0.15) is 0 Å². The molecule has 1 aromatic heterocycles. The van der Waals surface area contributed by atoms with E-state index in [1.165, 1.54) is 6.07 Å². The van der Waals surface area contributed by atoms with Crippen molar-refractivity contribution in [1.29, 1.82) is 0 Å². The fraction of sp³-hybridized carbons (Fsp3) is 0.235. The standard InChI is InChI=1S/C17H15NO4/c1-9-3-2-4-10(5-9)11-6-14-12(15(19)7-11)8-13(17(21)22)16(20)18-14/h2-5,8,11H,6-7H2,1H3,(H,18,20)(H,21,22)/t11-/m1/s1. The number of nitrogens with one attached hydrogen (secondary N) is 1. The van der Waals surface area contributed by atoms with Crippen molar-refractivity contribution >= 4 is 11.8 Å². The number of rotatable bonds is 2. The van der Waals surface area contributed by atoms with Crippen molar-refractivity contribution in [2.24, 2.45) is 0 Å². The Bertz CT molecular complexity index is 835. The van der Waals surface area contributed by atoms with Crippen molar-refractivity contribution in [3.63, 3.8) is 0 Å². The molecule has 0 spiro atoms. The van der Waals surface area contributed by atoms with Gasteiger partial charge in [0.25, 0.3) is 5.56 Å². The third kappa shape index (κ3) is 2.45. The summed E-state index contributed by atoms with van der Waals surface area (Å²) in [5.41, 5.74) is 1.97. The van der Waals surface area contributed by atoms with Crippen LogP contribution in [-0.4, -0.2) is 21.8 Å². The fourth-order valence-corrected chi connectivity index (χ4v) is 2.95. The molecular formula is C17H15NO4. The summed E-state index contributed by atoms with van der Waals surface area (Å²) >= 11 is 0. The molecule has 112 valence electrons. The normalized spacial score (nSPS) is 17.1. The molecular weight excluding hydrogens is 282 g/mol. The molecule has 0 radical (unpaired) electrons. The molecule has 1 aliphatic rings. The Labute approximate surface area is 126 Å². The first-order valence-electron chi connectivity index (χ1n) is 7.05. The summed E-state index contributed by atoms with van der Waals surface area (Å²) in [6.45, 7) is 1.99. The predicted octanol–water partition coefficient (Wildman–Crippen LogP) is 2.29. The van der Waals surface area contributed by atoms with Gasteiger partial charge in [-0.25, -0.2) is 4.79 Å². The molecule has 2 N–H and O–H groups in total. The number of ketones is 1. The van der Waals surface area contributed by atoms with Gasteiger partial charge < -0.3 is 10.1 Å². The van der Waals surface area contributed by atoms with Crippen LogP contribution in [0.2, 0.25) is 0 Å². The van der Waals surface area contributed by atoms with E-state index >= 15 is 0 Å². The van der Waals surface area contributed by atoms with Gasteiger partial charge in [0.2, 0.25) is 0 Å². The van der Waals surface area contributed by atoms with Crippen molar-refractivity contribution < 1.29 is 14.7 Å². The fourth-order valence-electron chi connectivity index (χ4n) is 2.95. The van der Waals surface area contributed by atoms with Crippen molar-refractivity contribution in [2.75, 3.05) is 0 Å². The van der Waals surface area contributed by atoms with E-state index in [1.54, 1.807) is 0 Å². The highest BCUT2D eigenvalue weighted by molar-refractivity contribution is 6.00. The summed E-state index contributed by atoms with van der Waals surface area (Å²) in [4.78, 5) is 37.7. The lowest BCUT2D eigenvalue weighted by atomic mass is 9.81. The highest BCUT2D eigenvalue weighted by Gasteiger charge is 2.28. The minimum atomic E-state index is -1.32. The van der Waals surface area contributed by atoms with E-state index in [-0.39, 0.29) is 17.3 Å². The van der Waals surface area contributed by atoms with Gasteiger partial charge in [0.15, 0.2) is 5.78 Å². The number of benzene rings is 1. The summed E-state index contributed by atoms with van der Waals surface area (Å²) in [7, 11) is 0. The Balaban J connectivity index is 2.03. The third-order valence-electron chi connectivity index (χ3n) is 4.05. The van der Waals surface area contributed by atoms with Crippen molar-refractivity contribution in [2.45, 2.75) is 25.7 Å². The number of hydrogen-bond acceptors (Lipinski definition) is 3. The molecule has 0 saturated heterocycles. The van der Waals surface area contributed by atoms with Crippen LogP contribution in [0.25, 0.3) is 0 Å². The highest BCUT2D eigenvalue weighted by atomic mass is 16.4.